The number of hydrogen-bond donors (Lipinski definition) is 2. The maximum Gasteiger partial charge on any atom is 0.344 e. The van der Waals surface area contributed by atoms with Crippen molar-refractivity contribution in [1.29, 1.82) is 0 Å². The fourth-order valence-corrected chi connectivity index (χ4v) is 3.06. The quantitative estimate of drug-likeness (QED) is 0.587. The first-order chi connectivity index (χ1) is 13.7. The minimum Gasteiger partial charge on any atom is -0.482 e. The van der Waals surface area contributed by atoms with Crippen LogP contribution in [0.5, 0.6) is 5.75 Å². The minimum absolute atomic E-state index is 0.225. The smallest absolute Gasteiger partial charge is 0.344 e. The van der Waals surface area contributed by atoms with Crippen LogP contribution in [0.4, 0.5) is 5.69 Å². The van der Waals surface area contributed by atoms with Crippen molar-refractivity contribution in [2.45, 2.75) is 20.8 Å². The van der Waals surface area contributed by atoms with E-state index in [-0.39, 0.29) is 19.1 Å². The van der Waals surface area contributed by atoms with E-state index in [4.69, 9.17) is 9.47 Å². The number of carbonyl (C=O) groups is 3. The number of anilines is 1. The molecular weight excluding hydrogens is 440 g/mol. The lowest BCUT2D eigenvalue weighted by molar-refractivity contribution is -0.150. The summed E-state index contributed by atoms with van der Waals surface area (Å²) in [6.07, 6.45) is 0. The Morgan fingerprint density at radius 1 is 0.966 bits per heavy atom. The van der Waals surface area contributed by atoms with Crippen molar-refractivity contribution in [2.75, 3.05) is 25.1 Å². The molecule has 2 N–H and O–H groups in total. The first-order valence-electron chi connectivity index (χ1n) is 8.93. The molecule has 0 aromatic heterocycles. The summed E-state index contributed by atoms with van der Waals surface area (Å²) in [6, 6.07) is 10.9. The molecule has 0 aliphatic rings. The van der Waals surface area contributed by atoms with E-state index in [1.165, 1.54) is 0 Å². The third-order valence-corrected chi connectivity index (χ3v) is 4.40. The number of ether oxygens (including phenoxy) is 2. The molecule has 0 fully saturated rings. The second-order valence-corrected chi connectivity index (χ2v) is 7.42. The first-order valence-corrected chi connectivity index (χ1v) is 9.72. The molecule has 2 rings (SSSR count). The average Bonchev–Trinajstić information content (AvgIpc) is 2.66. The normalized spacial score (nSPS) is 10.2. The van der Waals surface area contributed by atoms with Gasteiger partial charge in [-0.2, -0.15) is 0 Å². The average molecular weight is 463 g/mol. The number of halogens is 1. The number of carbonyl (C=O) groups excluding carboxylic acids is 3. The van der Waals surface area contributed by atoms with Crippen LogP contribution in [0, 0.1) is 20.8 Å². The van der Waals surface area contributed by atoms with E-state index in [9.17, 15) is 14.4 Å². The third-order valence-electron chi connectivity index (χ3n) is 3.90. The molecule has 0 aliphatic heterocycles. The second-order valence-electron chi connectivity index (χ2n) is 6.51. The van der Waals surface area contributed by atoms with Gasteiger partial charge in [0.15, 0.2) is 13.2 Å². The van der Waals surface area contributed by atoms with Gasteiger partial charge in [-0.3, -0.25) is 9.59 Å². The largest absolute Gasteiger partial charge is 0.482 e. The van der Waals surface area contributed by atoms with Gasteiger partial charge in [0.1, 0.15) is 5.75 Å². The molecule has 154 valence electrons. The molecule has 7 nitrogen and oxygen atoms in total. The molecule has 0 spiro atoms. The summed E-state index contributed by atoms with van der Waals surface area (Å²) < 4.78 is 10.9. The van der Waals surface area contributed by atoms with E-state index in [1.807, 2.05) is 39.0 Å². The number of rotatable bonds is 8. The van der Waals surface area contributed by atoms with Crippen LogP contribution in [0.15, 0.2) is 40.9 Å². The van der Waals surface area contributed by atoms with Crippen molar-refractivity contribution in [3.63, 3.8) is 0 Å². The van der Waals surface area contributed by atoms with Crippen molar-refractivity contribution in [2.24, 2.45) is 0 Å². The van der Waals surface area contributed by atoms with E-state index in [0.29, 0.717) is 5.75 Å². The highest BCUT2D eigenvalue weighted by Gasteiger charge is 2.12. The maximum atomic E-state index is 12.1. The highest BCUT2D eigenvalue weighted by atomic mass is 79.9. The van der Waals surface area contributed by atoms with E-state index in [1.54, 1.807) is 18.2 Å². The van der Waals surface area contributed by atoms with Gasteiger partial charge in [0.05, 0.1) is 6.54 Å². The standard InChI is InChI=1S/C21H23BrN2O5/c1-13-7-14(2)21(15(3)8-13)24-18(25)10-23-19(26)11-29-20(27)12-28-17-6-4-5-16(22)9-17/h4-9H,10-12H2,1-3H3,(H,23,26)(H,24,25). The molecule has 2 aromatic rings. The zero-order chi connectivity index (χ0) is 21.4. The SMILES string of the molecule is Cc1cc(C)c(NC(=O)CNC(=O)COC(=O)COc2cccc(Br)c2)c(C)c1. The van der Waals surface area contributed by atoms with E-state index >= 15 is 0 Å². The van der Waals surface area contributed by atoms with Gasteiger partial charge in [-0.25, -0.2) is 4.79 Å². The topological polar surface area (TPSA) is 93.7 Å². The van der Waals surface area contributed by atoms with E-state index < -0.39 is 18.5 Å². The molecule has 0 aliphatic carbocycles. The highest BCUT2D eigenvalue weighted by molar-refractivity contribution is 9.10. The van der Waals surface area contributed by atoms with Crippen molar-refractivity contribution in [3.05, 3.63) is 57.6 Å². The van der Waals surface area contributed by atoms with Gasteiger partial charge in [0.25, 0.3) is 5.91 Å². The molecule has 8 heteroatoms. The van der Waals surface area contributed by atoms with E-state index in [0.717, 1.165) is 26.9 Å². The van der Waals surface area contributed by atoms with Crippen LogP contribution in [0.3, 0.4) is 0 Å². The summed E-state index contributed by atoms with van der Waals surface area (Å²) in [5.41, 5.74) is 3.73. The Hall–Kier alpha value is -2.87. The van der Waals surface area contributed by atoms with Crippen LogP contribution in [-0.4, -0.2) is 37.5 Å². The molecule has 0 atom stereocenters. The number of esters is 1. The first kappa shape index (κ1) is 22.4. The van der Waals surface area contributed by atoms with Crippen LogP contribution < -0.4 is 15.4 Å². The van der Waals surface area contributed by atoms with Crippen molar-refractivity contribution in [3.8, 4) is 5.75 Å². The Kier molecular flexibility index (Phi) is 8.21. The van der Waals surface area contributed by atoms with Crippen LogP contribution >= 0.6 is 15.9 Å². The Morgan fingerprint density at radius 3 is 2.31 bits per heavy atom. The molecule has 0 unspecified atom stereocenters. The Bertz CT molecular complexity index is 891. The zero-order valence-electron chi connectivity index (χ0n) is 16.5. The fraction of sp³-hybridized carbons (Fsp3) is 0.286. The molecule has 2 amide bonds. The number of amides is 2. The molecule has 0 saturated carbocycles. The molecule has 0 heterocycles. The van der Waals surface area contributed by atoms with Crippen LogP contribution in [0.1, 0.15) is 16.7 Å². The Balaban J connectivity index is 1.70. The summed E-state index contributed by atoms with van der Waals surface area (Å²) >= 11 is 3.30. The summed E-state index contributed by atoms with van der Waals surface area (Å²) in [5.74, 6) is -1.12. The van der Waals surface area contributed by atoms with E-state index in [2.05, 4.69) is 26.6 Å². The summed E-state index contributed by atoms with van der Waals surface area (Å²) in [4.78, 5) is 35.5. The predicted octanol–water partition coefficient (Wildman–Crippen LogP) is 3.05. The molecule has 0 saturated heterocycles. The van der Waals surface area contributed by atoms with Gasteiger partial charge in [0, 0.05) is 10.2 Å². The summed E-state index contributed by atoms with van der Waals surface area (Å²) in [6.45, 7) is 4.76. The molecule has 2 aromatic carbocycles. The lowest BCUT2D eigenvalue weighted by atomic mass is 10.1. The predicted molar refractivity (Wildman–Crippen MR) is 113 cm³/mol. The zero-order valence-corrected chi connectivity index (χ0v) is 18.1. The van der Waals surface area contributed by atoms with Crippen LogP contribution in [0.25, 0.3) is 0 Å². The monoisotopic (exact) mass is 462 g/mol. The second kappa shape index (κ2) is 10.6. The van der Waals surface area contributed by atoms with Gasteiger partial charge in [-0.1, -0.05) is 39.7 Å². The fourth-order valence-electron chi connectivity index (χ4n) is 2.68. The van der Waals surface area contributed by atoms with Gasteiger partial charge >= 0.3 is 5.97 Å². The van der Waals surface area contributed by atoms with Gasteiger partial charge < -0.3 is 20.1 Å². The highest BCUT2D eigenvalue weighted by Crippen LogP contribution is 2.21. The Morgan fingerprint density at radius 2 is 1.66 bits per heavy atom. The molecule has 0 bridgehead atoms. The van der Waals surface area contributed by atoms with Crippen molar-refractivity contribution >= 4 is 39.4 Å². The van der Waals surface area contributed by atoms with Crippen LogP contribution in [0.2, 0.25) is 0 Å². The number of nitrogens with one attached hydrogen (secondary N) is 2. The number of aryl methyl sites for hydroxylation is 3. The molecular formula is C21H23BrN2O5. The lowest BCUT2D eigenvalue weighted by Gasteiger charge is -2.13. The number of hydrogen-bond acceptors (Lipinski definition) is 5. The summed E-state index contributed by atoms with van der Waals surface area (Å²) in [7, 11) is 0. The van der Waals surface area contributed by atoms with Crippen LogP contribution in [-0.2, 0) is 19.1 Å². The van der Waals surface area contributed by atoms with Gasteiger partial charge in [-0.05, 0) is 50.1 Å². The summed E-state index contributed by atoms with van der Waals surface area (Å²) in [5, 5.41) is 5.20. The maximum absolute atomic E-state index is 12.1. The Labute approximate surface area is 177 Å². The molecule has 0 radical (unpaired) electrons. The van der Waals surface area contributed by atoms with Gasteiger partial charge in [0.2, 0.25) is 5.91 Å². The third kappa shape index (κ3) is 7.57. The molecule has 29 heavy (non-hydrogen) atoms. The minimum atomic E-state index is -0.685. The van der Waals surface area contributed by atoms with Gasteiger partial charge in [-0.15, -0.1) is 0 Å². The van der Waals surface area contributed by atoms with Crippen molar-refractivity contribution < 1.29 is 23.9 Å². The van der Waals surface area contributed by atoms with Crippen molar-refractivity contribution in [1.82, 2.24) is 5.32 Å². The lowest BCUT2D eigenvalue weighted by Crippen LogP contribution is -2.36. The number of benzene rings is 2.